The molecular formula is C12H14N2. The Morgan fingerprint density at radius 2 is 2.29 bits per heavy atom. The second kappa shape index (κ2) is 3.43. The van der Waals surface area contributed by atoms with Crippen molar-refractivity contribution in [3.8, 4) is 6.07 Å². The number of hydrogen-bond acceptors (Lipinski definition) is 2. The highest BCUT2D eigenvalue weighted by Gasteiger charge is 2.43. The Morgan fingerprint density at radius 3 is 2.86 bits per heavy atom. The van der Waals surface area contributed by atoms with E-state index in [1.165, 1.54) is 18.4 Å². The zero-order valence-electron chi connectivity index (χ0n) is 8.38. The van der Waals surface area contributed by atoms with Crippen LogP contribution in [0.2, 0.25) is 0 Å². The van der Waals surface area contributed by atoms with E-state index in [0.717, 1.165) is 12.1 Å². The van der Waals surface area contributed by atoms with Gasteiger partial charge in [0.15, 0.2) is 0 Å². The van der Waals surface area contributed by atoms with Crippen molar-refractivity contribution >= 4 is 0 Å². The van der Waals surface area contributed by atoms with E-state index in [1.807, 2.05) is 18.2 Å². The molecule has 1 fully saturated rings. The molecule has 14 heavy (non-hydrogen) atoms. The van der Waals surface area contributed by atoms with Gasteiger partial charge in [-0.1, -0.05) is 19.1 Å². The van der Waals surface area contributed by atoms with Crippen LogP contribution in [0.3, 0.4) is 0 Å². The number of nitrogens with one attached hydrogen (secondary N) is 1. The Labute approximate surface area is 84.6 Å². The molecule has 0 radical (unpaired) electrons. The van der Waals surface area contributed by atoms with E-state index >= 15 is 0 Å². The van der Waals surface area contributed by atoms with Crippen molar-refractivity contribution in [2.24, 2.45) is 0 Å². The summed E-state index contributed by atoms with van der Waals surface area (Å²) in [4.78, 5) is 0. The molecule has 1 N–H and O–H groups in total. The lowest BCUT2D eigenvalue weighted by Gasteiger charge is -2.16. The van der Waals surface area contributed by atoms with Crippen LogP contribution in [0.15, 0.2) is 24.3 Å². The molecular weight excluding hydrogens is 172 g/mol. The first-order chi connectivity index (χ1) is 6.80. The van der Waals surface area contributed by atoms with Gasteiger partial charge in [0.2, 0.25) is 0 Å². The first-order valence-electron chi connectivity index (χ1n) is 5.06. The molecule has 0 spiro atoms. The zero-order chi connectivity index (χ0) is 10.0. The molecule has 0 saturated heterocycles. The van der Waals surface area contributed by atoms with Gasteiger partial charge >= 0.3 is 0 Å². The van der Waals surface area contributed by atoms with Crippen LogP contribution in [0.5, 0.6) is 0 Å². The molecule has 0 unspecified atom stereocenters. The second-order valence-electron chi connectivity index (χ2n) is 3.81. The summed E-state index contributed by atoms with van der Waals surface area (Å²) in [6.07, 6.45) is 2.38. The third kappa shape index (κ3) is 1.51. The Balaban J connectivity index is 2.28. The summed E-state index contributed by atoms with van der Waals surface area (Å²) in [5.41, 5.74) is 2.20. The van der Waals surface area contributed by atoms with Crippen LogP contribution in [0, 0.1) is 11.3 Å². The average Bonchev–Trinajstić information content (AvgIpc) is 3.00. The molecule has 1 aromatic rings. The van der Waals surface area contributed by atoms with Crippen molar-refractivity contribution in [2.75, 3.05) is 6.54 Å². The van der Waals surface area contributed by atoms with E-state index in [1.54, 1.807) is 0 Å². The van der Waals surface area contributed by atoms with Crippen LogP contribution in [-0.4, -0.2) is 6.54 Å². The van der Waals surface area contributed by atoms with Crippen molar-refractivity contribution in [3.63, 3.8) is 0 Å². The summed E-state index contributed by atoms with van der Waals surface area (Å²) in [5, 5.41) is 12.3. The average molecular weight is 186 g/mol. The molecule has 0 aromatic heterocycles. The molecule has 2 rings (SSSR count). The summed E-state index contributed by atoms with van der Waals surface area (Å²) in [6.45, 7) is 3.10. The van der Waals surface area contributed by atoms with Crippen LogP contribution in [0.1, 0.15) is 30.9 Å². The third-order valence-electron chi connectivity index (χ3n) is 2.81. The largest absolute Gasteiger partial charge is 0.308 e. The maximum atomic E-state index is 8.81. The highest BCUT2D eigenvalue weighted by molar-refractivity contribution is 5.38. The van der Waals surface area contributed by atoms with Crippen molar-refractivity contribution in [1.82, 2.24) is 5.32 Å². The van der Waals surface area contributed by atoms with Crippen molar-refractivity contribution in [2.45, 2.75) is 25.3 Å². The highest BCUT2D eigenvalue weighted by atomic mass is 15.0. The SMILES string of the molecule is CCNC1(c2cccc(C#N)c2)CC1. The number of nitriles is 1. The minimum atomic E-state index is 0.182. The molecule has 1 saturated carbocycles. The fourth-order valence-electron chi connectivity index (χ4n) is 1.92. The van der Waals surface area contributed by atoms with Gasteiger partial charge in [0, 0.05) is 5.54 Å². The molecule has 0 aliphatic heterocycles. The second-order valence-corrected chi connectivity index (χ2v) is 3.81. The molecule has 2 heteroatoms. The normalized spacial score (nSPS) is 17.4. The number of benzene rings is 1. The van der Waals surface area contributed by atoms with Crippen LogP contribution in [0.4, 0.5) is 0 Å². The lowest BCUT2D eigenvalue weighted by Crippen LogP contribution is -2.28. The van der Waals surface area contributed by atoms with Gasteiger partial charge in [0.25, 0.3) is 0 Å². The van der Waals surface area contributed by atoms with Gasteiger partial charge in [0.1, 0.15) is 0 Å². The zero-order valence-corrected chi connectivity index (χ0v) is 8.38. The Bertz CT molecular complexity index is 372. The number of hydrogen-bond donors (Lipinski definition) is 1. The first-order valence-corrected chi connectivity index (χ1v) is 5.06. The molecule has 0 atom stereocenters. The van der Waals surface area contributed by atoms with Gasteiger partial charge in [-0.25, -0.2) is 0 Å². The van der Waals surface area contributed by atoms with Gasteiger partial charge in [0.05, 0.1) is 11.6 Å². The van der Waals surface area contributed by atoms with Gasteiger partial charge in [-0.15, -0.1) is 0 Å². The minimum Gasteiger partial charge on any atom is -0.308 e. The third-order valence-corrected chi connectivity index (χ3v) is 2.81. The van der Waals surface area contributed by atoms with E-state index in [0.29, 0.717) is 0 Å². The maximum Gasteiger partial charge on any atom is 0.0991 e. The molecule has 0 bridgehead atoms. The van der Waals surface area contributed by atoms with E-state index in [9.17, 15) is 0 Å². The van der Waals surface area contributed by atoms with Gasteiger partial charge in [-0.05, 0) is 37.1 Å². The van der Waals surface area contributed by atoms with E-state index in [-0.39, 0.29) is 5.54 Å². The molecule has 72 valence electrons. The van der Waals surface area contributed by atoms with Crippen molar-refractivity contribution < 1.29 is 0 Å². The van der Waals surface area contributed by atoms with E-state index < -0.39 is 0 Å². The Hall–Kier alpha value is -1.33. The fourth-order valence-corrected chi connectivity index (χ4v) is 1.92. The van der Waals surface area contributed by atoms with Crippen LogP contribution >= 0.6 is 0 Å². The summed E-state index contributed by atoms with van der Waals surface area (Å²) < 4.78 is 0. The van der Waals surface area contributed by atoms with Crippen LogP contribution in [0.25, 0.3) is 0 Å². The number of rotatable bonds is 3. The predicted octanol–water partition coefficient (Wildman–Crippen LogP) is 2.16. The lowest BCUT2D eigenvalue weighted by atomic mass is 10.0. The highest BCUT2D eigenvalue weighted by Crippen LogP contribution is 2.45. The monoisotopic (exact) mass is 186 g/mol. The molecule has 1 aliphatic carbocycles. The summed E-state index contributed by atoms with van der Waals surface area (Å²) in [7, 11) is 0. The molecule has 0 amide bonds. The van der Waals surface area contributed by atoms with Gasteiger partial charge in [-0.3, -0.25) is 0 Å². The fraction of sp³-hybridized carbons (Fsp3) is 0.417. The summed E-state index contributed by atoms with van der Waals surface area (Å²) in [6, 6.07) is 10.1. The molecule has 1 aliphatic rings. The van der Waals surface area contributed by atoms with Crippen molar-refractivity contribution in [3.05, 3.63) is 35.4 Å². The molecule has 2 nitrogen and oxygen atoms in total. The Kier molecular flexibility index (Phi) is 2.26. The minimum absolute atomic E-state index is 0.182. The standard InChI is InChI=1S/C12H14N2/c1-2-14-12(6-7-12)11-5-3-4-10(8-11)9-13/h3-5,8,14H,2,6-7H2,1H3. The molecule has 0 heterocycles. The predicted molar refractivity (Wildman–Crippen MR) is 55.7 cm³/mol. The van der Waals surface area contributed by atoms with Crippen molar-refractivity contribution in [1.29, 1.82) is 5.26 Å². The van der Waals surface area contributed by atoms with Gasteiger partial charge < -0.3 is 5.32 Å². The quantitative estimate of drug-likeness (QED) is 0.785. The summed E-state index contributed by atoms with van der Waals surface area (Å²) >= 11 is 0. The topological polar surface area (TPSA) is 35.8 Å². The summed E-state index contributed by atoms with van der Waals surface area (Å²) in [5.74, 6) is 0. The Morgan fingerprint density at radius 1 is 1.50 bits per heavy atom. The lowest BCUT2D eigenvalue weighted by molar-refractivity contribution is 0.539. The van der Waals surface area contributed by atoms with E-state index in [2.05, 4.69) is 24.4 Å². The number of nitrogens with zero attached hydrogens (tertiary/aromatic N) is 1. The van der Waals surface area contributed by atoms with E-state index in [4.69, 9.17) is 5.26 Å². The smallest absolute Gasteiger partial charge is 0.0991 e. The first kappa shape index (κ1) is 9.23. The van der Waals surface area contributed by atoms with Crippen LogP contribution < -0.4 is 5.32 Å². The molecule has 1 aromatic carbocycles. The maximum absolute atomic E-state index is 8.81. The van der Waals surface area contributed by atoms with Gasteiger partial charge in [-0.2, -0.15) is 5.26 Å². The van der Waals surface area contributed by atoms with Crippen LogP contribution in [-0.2, 0) is 5.54 Å².